The van der Waals surface area contributed by atoms with E-state index in [-0.39, 0.29) is 11.9 Å². The molecule has 1 fully saturated rings. The number of esters is 1. The molecule has 1 N–H and O–H groups in total. The maximum atomic E-state index is 12.8. The monoisotopic (exact) mass is 493 g/mol. The molecule has 2 aliphatic rings. The van der Waals surface area contributed by atoms with Crippen LogP contribution in [0, 0.1) is 5.92 Å². The van der Waals surface area contributed by atoms with Gasteiger partial charge in [-0.3, -0.25) is 14.6 Å². The summed E-state index contributed by atoms with van der Waals surface area (Å²) in [7, 11) is 0. The first-order chi connectivity index (χ1) is 17.1. The maximum Gasteiger partial charge on any atom is 0.306 e. The molecule has 2 aromatic carbocycles. The molecule has 1 saturated heterocycles. The molecule has 1 unspecified atom stereocenters. The number of hydrazone groups is 1. The highest BCUT2D eigenvalue weighted by atomic mass is 32.2. The van der Waals surface area contributed by atoms with Gasteiger partial charge in [-0.15, -0.1) is 0 Å². The summed E-state index contributed by atoms with van der Waals surface area (Å²) in [6.45, 7) is 4.56. The van der Waals surface area contributed by atoms with E-state index in [9.17, 15) is 9.59 Å². The second-order valence-corrected chi connectivity index (χ2v) is 10.5. The van der Waals surface area contributed by atoms with Crippen LogP contribution in [-0.2, 0) is 22.4 Å². The predicted molar refractivity (Wildman–Crippen MR) is 143 cm³/mol. The minimum atomic E-state index is -0.131. The fourth-order valence-electron chi connectivity index (χ4n) is 4.45. The number of hydrogen-bond acceptors (Lipinski definition) is 6. The summed E-state index contributed by atoms with van der Waals surface area (Å²) in [6, 6.07) is 13.6. The number of benzene rings is 2. The Labute approximate surface area is 212 Å². The van der Waals surface area contributed by atoms with Crippen molar-refractivity contribution >= 4 is 35.5 Å². The largest absolute Gasteiger partial charge is 0.466 e. The molecule has 0 radical (unpaired) electrons. The molecule has 1 aliphatic heterocycles. The van der Waals surface area contributed by atoms with Crippen molar-refractivity contribution in [1.29, 1.82) is 0 Å². The number of hydrogen-bond donors (Lipinski definition) is 1. The van der Waals surface area contributed by atoms with Crippen molar-refractivity contribution in [3.63, 3.8) is 0 Å². The Kier molecular flexibility index (Phi) is 9.23. The van der Waals surface area contributed by atoms with Gasteiger partial charge in [-0.05, 0) is 72.6 Å². The Hall–Kier alpha value is -2.80. The third-order valence-electron chi connectivity index (χ3n) is 6.54. The van der Waals surface area contributed by atoms with Gasteiger partial charge >= 0.3 is 5.97 Å². The van der Waals surface area contributed by atoms with Crippen molar-refractivity contribution in [1.82, 2.24) is 5.01 Å². The zero-order valence-corrected chi connectivity index (χ0v) is 21.3. The normalized spacial score (nSPS) is 17.7. The predicted octanol–water partition coefficient (Wildman–Crippen LogP) is 5.16. The highest BCUT2D eigenvalue weighted by molar-refractivity contribution is 7.99. The number of amides is 1. The molecule has 186 valence electrons. The average Bonchev–Trinajstić information content (AvgIpc) is 2.88. The second kappa shape index (κ2) is 12.8. The Morgan fingerprint density at radius 3 is 2.71 bits per heavy atom. The highest BCUT2D eigenvalue weighted by Crippen LogP contribution is 2.30. The molecule has 1 atom stereocenters. The lowest BCUT2D eigenvalue weighted by Crippen LogP contribution is -2.27. The Morgan fingerprint density at radius 2 is 1.94 bits per heavy atom. The van der Waals surface area contributed by atoms with Crippen molar-refractivity contribution in [3.8, 4) is 0 Å². The number of carbonyl (C=O) groups is 2. The molecule has 6 nitrogen and oxygen atoms in total. The van der Waals surface area contributed by atoms with E-state index in [2.05, 4.69) is 34.5 Å². The quantitative estimate of drug-likeness (QED) is 0.297. The summed E-state index contributed by atoms with van der Waals surface area (Å²) in [5.74, 6) is 2.30. The van der Waals surface area contributed by atoms with E-state index in [1.54, 1.807) is 0 Å². The minimum absolute atomic E-state index is 0.0974. The SMILES string of the molecule is CCCCOC(=O)CC1CCc2ccc(NC(=O)c3ccc(/C=N/N4CCSCC4)cc3)cc2C1. The van der Waals surface area contributed by atoms with Gasteiger partial charge in [-0.2, -0.15) is 16.9 Å². The lowest BCUT2D eigenvalue weighted by atomic mass is 9.82. The number of aryl methyl sites for hydroxylation is 1. The summed E-state index contributed by atoms with van der Waals surface area (Å²) < 4.78 is 5.35. The van der Waals surface area contributed by atoms with Crippen molar-refractivity contribution in [2.75, 3.05) is 36.5 Å². The van der Waals surface area contributed by atoms with E-state index >= 15 is 0 Å². The third-order valence-corrected chi connectivity index (χ3v) is 7.48. The number of rotatable bonds is 9. The van der Waals surface area contributed by atoms with Crippen LogP contribution < -0.4 is 5.32 Å². The van der Waals surface area contributed by atoms with E-state index in [1.165, 1.54) is 11.1 Å². The second-order valence-electron chi connectivity index (χ2n) is 9.26. The van der Waals surface area contributed by atoms with Crippen LogP contribution in [0.15, 0.2) is 47.6 Å². The summed E-state index contributed by atoms with van der Waals surface area (Å²) in [6.07, 6.45) is 7.05. The number of carbonyl (C=O) groups excluding carboxylic acids is 2. The molecule has 4 rings (SSSR count). The average molecular weight is 494 g/mol. The van der Waals surface area contributed by atoms with Crippen LogP contribution in [0.1, 0.15) is 59.7 Å². The first-order valence-electron chi connectivity index (χ1n) is 12.7. The number of nitrogens with zero attached hydrogens (tertiary/aromatic N) is 2. The van der Waals surface area contributed by atoms with Crippen LogP contribution in [0.5, 0.6) is 0 Å². The molecule has 2 aromatic rings. The number of anilines is 1. The number of unbranched alkanes of at least 4 members (excludes halogenated alkanes) is 1. The van der Waals surface area contributed by atoms with E-state index < -0.39 is 0 Å². The van der Waals surface area contributed by atoms with Crippen LogP contribution in [0.25, 0.3) is 0 Å². The fraction of sp³-hybridized carbons (Fsp3) is 0.464. The minimum Gasteiger partial charge on any atom is -0.466 e. The van der Waals surface area contributed by atoms with E-state index in [0.29, 0.717) is 24.5 Å². The van der Waals surface area contributed by atoms with Crippen molar-refractivity contribution in [2.24, 2.45) is 11.0 Å². The van der Waals surface area contributed by atoms with Crippen LogP contribution in [0.4, 0.5) is 5.69 Å². The summed E-state index contributed by atoms with van der Waals surface area (Å²) in [5.41, 5.74) is 4.89. The van der Waals surface area contributed by atoms with Crippen molar-refractivity contribution in [2.45, 2.75) is 45.4 Å². The lowest BCUT2D eigenvalue weighted by molar-refractivity contribution is -0.145. The topological polar surface area (TPSA) is 71.0 Å². The molecule has 1 aliphatic carbocycles. The molecule has 0 bridgehead atoms. The van der Waals surface area contributed by atoms with E-state index in [1.807, 2.05) is 48.3 Å². The molecule has 7 heteroatoms. The molecule has 1 amide bonds. The van der Waals surface area contributed by atoms with Crippen LogP contribution in [0.3, 0.4) is 0 Å². The molecular weight excluding hydrogens is 458 g/mol. The summed E-state index contributed by atoms with van der Waals surface area (Å²) in [4.78, 5) is 24.9. The Balaban J connectivity index is 1.31. The molecule has 0 aromatic heterocycles. The van der Waals surface area contributed by atoms with Gasteiger partial charge in [-0.25, -0.2) is 0 Å². The molecule has 35 heavy (non-hydrogen) atoms. The van der Waals surface area contributed by atoms with Gasteiger partial charge in [0.25, 0.3) is 5.91 Å². The van der Waals surface area contributed by atoms with Crippen LogP contribution in [-0.4, -0.2) is 54.3 Å². The smallest absolute Gasteiger partial charge is 0.306 e. The lowest BCUT2D eigenvalue weighted by Gasteiger charge is -2.24. The van der Waals surface area contributed by atoms with E-state index in [4.69, 9.17) is 4.74 Å². The number of thioether (sulfide) groups is 1. The molecule has 0 spiro atoms. The van der Waals surface area contributed by atoms with Gasteiger partial charge < -0.3 is 10.1 Å². The van der Waals surface area contributed by atoms with Gasteiger partial charge in [0.15, 0.2) is 0 Å². The summed E-state index contributed by atoms with van der Waals surface area (Å²) in [5, 5.41) is 9.66. The first kappa shape index (κ1) is 25.3. The maximum absolute atomic E-state index is 12.8. The standard InChI is InChI=1S/C28H35N3O3S/c1-2-3-14-34-27(32)18-22-6-7-23-10-11-26(19-25(23)17-22)30-28(33)24-8-4-21(5-9-24)20-29-31-12-15-35-16-13-31/h4-5,8-11,19-20,22H,2-3,6-7,12-18H2,1H3,(H,30,33)/b29-20+. The fourth-order valence-corrected chi connectivity index (χ4v) is 5.33. The van der Waals surface area contributed by atoms with E-state index in [0.717, 1.165) is 68.0 Å². The first-order valence-corrected chi connectivity index (χ1v) is 13.8. The van der Waals surface area contributed by atoms with Gasteiger partial charge in [0.2, 0.25) is 0 Å². The van der Waals surface area contributed by atoms with Crippen molar-refractivity contribution in [3.05, 3.63) is 64.7 Å². The zero-order chi connectivity index (χ0) is 24.5. The van der Waals surface area contributed by atoms with Crippen LogP contribution in [0.2, 0.25) is 0 Å². The Morgan fingerprint density at radius 1 is 1.14 bits per heavy atom. The van der Waals surface area contributed by atoms with Crippen LogP contribution >= 0.6 is 11.8 Å². The molecule has 0 saturated carbocycles. The van der Waals surface area contributed by atoms with Gasteiger partial charge in [0.05, 0.1) is 12.8 Å². The number of nitrogens with one attached hydrogen (secondary N) is 1. The zero-order valence-electron chi connectivity index (χ0n) is 20.5. The number of ether oxygens (including phenoxy) is 1. The Bertz CT molecular complexity index is 1030. The van der Waals surface area contributed by atoms with Gasteiger partial charge in [0.1, 0.15) is 0 Å². The highest BCUT2D eigenvalue weighted by Gasteiger charge is 2.22. The number of fused-ring (bicyclic) bond motifs is 1. The van der Waals surface area contributed by atoms with Gasteiger partial charge in [0, 0.05) is 42.3 Å². The third kappa shape index (κ3) is 7.59. The molecular formula is C28H35N3O3S. The molecule has 1 heterocycles. The summed E-state index contributed by atoms with van der Waals surface area (Å²) >= 11 is 1.96. The van der Waals surface area contributed by atoms with Gasteiger partial charge in [-0.1, -0.05) is 31.5 Å². The van der Waals surface area contributed by atoms with Crippen molar-refractivity contribution < 1.29 is 14.3 Å².